The van der Waals surface area contributed by atoms with E-state index in [0.717, 1.165) is 25.0 Å². The third kappa shape index (κ3) is 2.35. The molecule has 1 aromatic carbocycles. The molecule has 0 unspecified atom stereocenters. The van der Waals surface area contributed by atoms with Crippen molar-refractivity contribution in [3.05, 3.63) is 57.0 Å². The summed E-state index contributed by atoms with van der Waals surface area (Å²) in [6.07, 6.45) is 4.77. The van der Waals surface area contributed by atoms with E-state index < -0.39 is 0 Å². The Bertz CT molecular complexity index is 966. The van der Waals surface area contributed by atoms with Crippen LogP contribution in [0.1, 0.15) is 27.3 Å². The van der Waals surface area contributed by atoms with Crippen LogP contribution in [0.3, 0.4) is 0 Å². The Morgan fingerprint density at radius 3 is 2.83 bits per heavy atom. The van der Waals surface area contributed by atoms with Crippen LogP contribution in [0.5, 0.6) is 0 Å². The number of thiazole rings is 1. The van der Waals surface area contributed by atoms with E-state index in [1.54, 1.807) is 42.8 Å². The van der Waals surface area contributed by atoms with Crippen LogP contribution in [0.15, 0.2) is 35.3 Å². The number of carbonyl (C=O) groups excluding carboxylic acids is 1. The molecule has 1 aliphatic rings. The van der Waals surface area contributed by atoms with E-state index in [1.165, 1.54) is 9.44 Å². The zero-order valence-electron chi connectivity index (χ0n) is 12.6. The van der Waals surface area contributed by atoms with E-state index in [-0.39, 0.29) is 11.5 Å². The van der Waals surface area contributed by atoms with Gasteiger partial charge in [-0.05, 0) is 25.3 Å². The number of nitrogens with one attached hydrogen (secondary N) is 1. The first-order chi connectivity index (χ1) is 11.1. The summed E-state index contributed by atoms with van der Waals surface area (Å²) >= 11 is 1.55. The van der Waals surface area contributed by atoms with E-state index in [1.807, 2.05) is 6.07 Å². The summed E-state index contributed by atoms with van der Waals surface area (Å²) in [5, 5.41) is 4.73. The van der Waals surface area contributed by atoms with E-state index >= 15 is 0 Å². The number of nitrogens with zero attached hydrogens (tertiary/aromatic N) is 2. The number of anilines is 1. The van der Waals surface area contributed by atoms with Gasteiger partial charge >= 0.3 is 0 Å². The number of pyridine rings is 1. The molecule has 23 heavy (non-hydrogen) atoms. The first kappa shape index (κ1) is 14.1. The molecule has 3 aromatic rings. The Labute approximate surface area is 136 Å². The average Bonchev–Trinajstić information content (AvgIpc) is 3.12. The van der Waals surface area contributed by atoms with Crippen molar-refractivity contribution in [2.75, 3.05) is 5.32 Å². The normalized spacial score (nSPS) is 13.3. The van der Waals surface area contributed by atoms with Gasteiger partial charge in [0.1, 0.15) is 0 Å². The highest BCUT2D eigenvalue weighted by Crippen LogP contribution is 2.30. The molecule has 5 nitrogen and oxygen atoms in total. The van der Waals surface area contributed by atoms with Crippen molar-refractivity contribution < 1.29 is 4.79 Å². The molecule has 0 saturated heterocycles. The van der Waals surface area contributed by atoms with Crippen molar-refractivity contribution in [3.8, 4) is 0 Å². The van der Waals surface area contributed by atoms with Gasteiger partial charge in [0.05, 0.1) is 11.3 Å². The van der Waals surface area contributed by atoms with Gasteiger partial charge in [0.25, 0.3) is 11.5 Å². The Kier molecular flexibility index (Phi) is 3.27. The van der Waals surface area contributed by atoms with Crippen LogP contribution in [0, 0.1) is 0 Å². The molecule has 0 spiro atoms. The van der Waals surface area contributed by atoms with Crippen molar-refractivity contribution in [3.63, 3.8) is 0 Å². The molecule has 6 heteroatoms. The van der Waals surface area contributed by atoms with Gasteiger partial charge < -0.3 is 4.57 Å². The standard InChI is InChI=1S/C17H15N3O2S/c1-20-9-12(10-5-2-3-6-11(10)16(20)22)15(21)19-17-18-13-7-4-8-14(13)23-17/h2-3,5-6,9H,4,7-8H2,1H3,(H,18,19,21). The number of hydrogen-bond donors (Lipinski definition) is 1. The number of hydrogen-bond acceptors (Lipinski definition) is 4. The number of carbonyl (C=O) groups is 1. The second-order valence-electron chi connectivity index (χ2n) is 5.70. The van der Waals surface area contributed by atoms with Crippen molar-refractivity contribution in [2.45, 2.75) is 19.3 Å². The summed E-state index contributed by atoms with van der Waals surface area (Å²) in [6, 6.07) is 7.17. The molecule has 116 valence electrons. The van der Waals surface area contributed by atoms with Crippen LogP contribution in [0.2, 0.25) is 0 Å². The molecule has 0 fully saturated rings. The minimum Gasteiger partial charge on any atom is -0.317 e. The Balaban J connectivity index is 1.74. The molecule has 0 radical (unpaired) electrons. The Morgan fingerprint density at radius 1 is 1.26 bits per heavy atom. The van der Waals surface area contributed by atoms with Crippen LogP contribution < -0.4 is 10.9 Å². The maximum Gasteiger partial charge on any atom is 0.259 e. The third-order valence-corrected chi connectivity index (χ3v) is 5.22. The summed E-state index contributed by atoms with van der Waals surface area (Å²) in [4.78, 5) is 30.6. The van der Waals surface area contributed by atoms with E-state index in [0.29, 0.717) is 21.5 Å². The fourth-order valence-corrected chi connectivity index (χ4v) is 4.05. The highest BCUT2D eigenvalue weighted by Gasteiger charge is 2.19. The predicted molar refractivity (Wildman–Crippen MR) is 91.3 cm³/mol. The van der Waals surface area contributed by atoms with Gasteiger partial charge in [-0.15, -0.1) is 11.3 Å². The molecule has 2 aromatic heterocycles. The van der Waals surface area contributed by atoms with Gasteiger partial charge in [-0.1, -0.05) is 18.2 Å². The lowest BCUT2D eigenvalue weighted by Crippen LogP contribution is -2.21. The summed E-state index contributed by atoms with van der Waals surface area (Å²) < 4.78 is 1.44. The van der Waals surface area contributed by atoms with Crippen molar-refractivity contribution in [1.29, 1.82) is 0 Å². The van der Waals surface area contributed by atoms with E-state index in [9.17, 15) is 9.59 Å². The Morgan fingerprint density at radius 2 is 2.04 bits per heavy atom. The fraction of sp³-hybridized carbons (Fsp3) is 0.235. The van der Waals surface area contributed by atoms with Gasteiger partial charge in [-0.25, -0.2) is 4.98 Å². The zero-order chi connectivity index (χ0) is 16.0. The monoisotopic (exact) mass is 325 g/mol. The second-order valence-corrected chi connectivity index (χ2v) is 6.78. The maximum absolute atomic E-state index is 12.7. The third-order valence-electron chi connectivity index (χ3n) is 4.15. The van der Waals surface area contributed by atoms with Gasteiger partial charge in [0, 0.05) is 28.9 Å². The van der Waals surface area contributed by atoms with Crippen LogP contribution >= 0.6 is 11.3 Å². The summed E-state index contributed by atoms with van der Waals surface area (Å²) in [5.74, 6) is -0.232. The lowest BCUT2D eigenvalue weighted by Gasteiger charge is -2.08. The minimum atomic E-state index is -0.232. The molecular weight excluding hydrogens is 310 g/mol. The molecule has 0 saturated carbocycles. The van der Waals surface area contributed by atoms with Crippen molar-refractivity contribution in [1.82, 2.24) is 9.55 Å². The molecule has 1 amide bonds. The quantitative estimate of drug-likeness (QED) is 0.788. The predicted octanol–water partition coefficient (Wildman–Crippen LogP) is 2.74. The number of aryl methyl sites for hydroxylation is 3. The minimum absolute atomic E-state index is 0.106. The number of aromatic nitrogens is 2. The maximum atomic E-state index is 12.7. The zero-order valence-corrected chi connectivity index (χ0v) is 13.4. The van der Waals surface area contributed by atoms with Crippen molar-refractivity contribution >= 4 is 33.1 Å². The highest BCUT2D eigenvalue weighted by molar-refractivity contribution is 7.16. The summed E-state index contributed by atoms with van der Waals surface area (Å²) in [5.41, 5.74) is 1.49. The first-order valence-electron chi connectivity index (χ1n) is 7.52. The summed E-state index contributed by atoms with van der Waals surface area (Å²) in [6.45, 7) is 0. The highest BCUT2D eigenvalue weighted by atomic mass is 32.1. The lowest BCUT2D eigenvalue weighted by molar-refractivity contribution is 0.102. The van der Waals surface area contributed by atoms with Crippen LogP contribution in [0.25, 0.3) is 10.8 Å². The molecule has 0 aliphatic heterocycles. The molecule has 1 N–H and O–H groups in total. The number of fused-ring (bicyclic) bond motifs is 2. The van der Waals surface area contributed by atoms with Gasteiger partial charge in [0.15, 0.2) is 5.13 Å². The summed E-state index contributed by atoms with van der Waals surface area (Å²) in [7, 11) is 1.66. The van der Waals surface area contributed by atoms with E-state index in [2.05, 4.69) is 10.3 Å². The van der Waals surface area contributed by atoms with Crippen molar-refractivity contribution in [2.24, 2.45) is 7.05 Å². The molecule has 1 aliphatic carbocycles. The topological polar surface area (TPSA) is 64.0 Å². The number of rotatable bonds is 2. The van der Waals surface area contributed by atoms with Crippen LogP contribution in [-0.2, 0) is 19.9 Å². The molecule has 4 rings (SSSR count). The average molecular weight is 325 g/mol. The first-order valence-corrected chi connectivity index (χ1v) is 8.33. The number of amides is 1. The largest absolute Gasteiger partial charge is 0.317 e. The smallest absolute Gasteiger partial charge is 0.259 e. The number of benzene rings is 1. The Hall–Kier alpha value is -2.47. The van der Waals surface area contributed by atoms with Gasteiger partial charge in [-0.2, -0.15) is 0 Å². The van der Waals surface area contributed by atoms with E-state index in [4.69, 9.17) is 0 Å². The SMILES string of the molecule is Cn1cc(C(=O)Nc2nc3c(s2)CCC3)c2ccccc2c1=O. The van der Waals surface area contributed by atoms with Gasteiger partial charge in [0.2, 0.25) is 0 Å². The molecule has 2 heterocycles. The van der Waals surface area contributed by atoms with Crippen LogP contribution in [0.4, 0.5) is 5.13 Å². The molecule has 0 atom stereocenters. The second kappa shape index (κ2) is 5.31. The van der Waals surface area contributed by atoms with Crippen LogP contribution in [-0.4, -0.2) is 15.5 Å². The molecular formula is C17H15N3O2S. The fourth-order valence-electron chi connectivity index (χ4n) is 3.01. The lowest BCUT2D eigenvalue weighted by atomic mass is 10.1. The molecule has 0 bridgehead atoms. The van der Waals surface area contributed by atoms with Gasteiger partial charge in [-0.3, -0.25) is 14.9 Å².